The molecule has 166 valence electrons. The standard InChI is InChI=1S/C21H48NO3Si.ClH/c1-7-11-15-16-17-22(5,6)21-26(23-18-12-8-2,24-19-13-9-3)25-20-14-10-4;/h7-21H2,1-6H3;1H/q+1;/p-1. The fourth-order valence-electron chi connectivity index (χ4n) is 2.95. The van der Waals surface area contributed by atoms with Gasteiger partial charge in [0.15, 0.2) is 0 Å². The zero-order chi connectivity index (χ0) is 19.7. The first-order chi connectivity index (χ1) is 12.4. The van der Waals surface area contributed by atoms with E-state index in [4.69, 9.17) is 13.3 Å². The van der Waals surface area contributed by atoms with E-state index in [9.17, 15) is 0 Å². The molecule has 0 saturated heterocycles. The largest absolute Gasteiger partial charge is 1.00 e. The van der Waals surface area contributed by atoms with Crippen molar-refractivity contribution in [3.63, 3.8) is 0 Å². The van der Waals surface area contributed by atoms with Crippen molar-refractivity contribution in [2.24, 2.45) is 0 Å². The van der Waals surface area contributed by atoms with Crippen LogP contribution in [0.15, 0.2) is 0 Å². The zero-order valence-electron chi connectivity index (χ0n) is 19.2. The van der Waals surface area contributed by atoms with E-state index in [0.717, 1.165) is 69.0 Å². The number of unbranched alkanes of at least 4 members (excludes halogenated alkanes) is 6. The summed E-state index contributed by atoms with van der Waals surface area (Å²) in [6, 6.07) is 0. The van der Waals surface area contributed by atoms with Gasteiger partial charge in [-0.15, -0.1) is 0 Å². The van der Waals surface area contributed by atoms with E-state index in [1.807, 2.05) is 0 Å². The van der Waals surface area contributed by atoms with Gasteiger partial charge in [0, 0.05) is 19.8 Å². The highest BCUT2D eigenvalue weighted by Crippen LogP contribution is 2.19. The minimum Gasteiger partial charge on any atom is -1.00 e. The maximum absolute atomic E-state index is 6.41. The topological polar surface area (TPSA) is 27.7 Å². The van der Waals surface area contributed by atoms with Gasteiger partial charge in [-0.05, 0) is 32.1 Å². The summed E-state index contributed by atoms with van der Waals surface area (Å²) in [6.45, 7) is 12.3. The van der Waals surface area contributed by atoms with E-state index >= 15 is 0 Å². The van der Waals surface area contributed by atoms with Gasteiger partial charge >= 0.3 is 8.80 Å². The van der Waals surface area contributed by atoms with Crippen LogP contribution in [0.1, 0.15) is 91.9 Å². The number of nitrogens with zero attached hydrogens (tertiary/aromatic N) is 1. The monoisotopic (exact) mass is 425 g/mol. The Kier molecular flexibility index (Phi) is 20.1. The van der Waals surface area contributed by atoms with Gasteiger partial charge in [0.2, 0.25) is 0 Å². The summed E-state index contributed by atoms with van der Waals surface area (Å²) in [4.78, 5) is 0. The second kappa shape index (κ2) is 18.4. The highest BCUT2D eigenvalue weighted by molar-refractivity contribution is 6.60. The van der Waals surface area contributed by atoms with Crippen LogP contribution in [0.2, 0.25) is 0 Å². The highest BCUT2D eigenvalue weighted by Gasteiger charge is 2.48. The van der Waals surface area contributed by atoms with E-state index in [0.29, 0.717) is 0 Å². The maximum atomic E-state index is 6.41. The molecule has 0 amide bonds. The van der Waals surface area contributed by atoms with Crippen molar-refractivity contribution < 1.29 is 30.2 Å². The molecule has 0 unspecified atom stereocenters. The van der Waals surface area contributed by atoms with Crippen LogP contribution in [-0.4, -0.2) is 59.9 Å². The van der Waals surface area contributed by atoms with Crippen molar-refractivity contribution >= 4 is 8.80 Å². The molecule has 0 radical (unpaired) electrons. The summed E-state index contributed by atoms with van der Waals surface area (Å²) in [7, 11) is 1.98. The summed E-state index contributed by atoms with van der Waals surface area (Å²) in [5.41, 5.74) is 0. The van der Waals surface area contributed by atoms with Crippen LogP contribution in [0.5, 0.6) is 0 Å². The minimum atomic E-state index is -2.64. The van der Waals surface area contributed by atoms with Gasteiger partial charge in [0.25, 0.3) is 0 Å². The first-order valence-corrected chi connectivity index (χ1v) is 13.1. The van der Waals surface area contributed by atoms with E-state index in [1.54, 1.807) is 0 Å². The quantitative estimate of drug-likeness (QED) is 0.181. The molecular formula is C21H48ClNO3Si. The van der Waals surface area contributed by atoms with E-state index < -0.39 is 8.80 Å². The summed E-state index contributed by atoms with van der Waals surface area (Å²) in [5, 5.41) is 0. The number of rotatable bonds is 19. The minimum absolute atomic E-state index is 0. The first kappa shape index (κ1) is 29.5. The van der Waals surface area contributed by atoms with E-state index in [2.05, 4.69) is 41.8 Å². The van der Waals surface area contributed by atoms with Crippen LogP contribution in [0.3, 0.4) is 0 Å². The summed E-state index contributed by atoms with van der Waals surface area (Å²) in [6.07, 6.45) is 12.7. The third-order valence-electron chi connectivity index (χ3n) is 4.70. The van der Waals surface area contributed by atoms with Crippen molar-refractivity contribution in [1.29, 1.82) is 0 Å². The Labute approximate surface area is 177 Å². The second-order valence-electron chi connectivity index (χ2n) is 8.17. The highest BCUT2D eigenvalue weighted by atomic mass is 35.5. The molecule has 0 bridgehead atoms. The van der Waals surface area contributed by atoms with Gasteiger partial charge in [0.05, 0.1) is 20.6 Å². The lowest BCUT2D eigenvalue weighted by molar-refractivity contribution is -0.883. The van der Waals surface area contributed by atoms with E-state index in [-0.39, 0.29) is 12.4 Å². The number of hydrogen-bond donors (Lipinski definition) is 0. The molecule has 0 rings (SSSR count). The Morgan fingerprint density at radius 1 is 0.593 bits per heavy atom. The molecule has 0 aromatic carbocycles. The van der Waals surface area contributed by atoms with Crippen molar-refractivity contribution in [2.75, 3.05) is 46.6 Å². The van der Waals surface area contributed by atoms with Crippen LogP contribution in [0, 0.1) is 0 Å². The molecule has 0 aromatic heterocycles. The van der Waals surface area contributed by atoms with Gasteiger partial charge in [-0.2, -0.15) is 0 Å². The van der Waals surface area contributed by atoms with Crippen molar-refractivity contribution in [3.05, 3.63) is 0 Å². The van der Waals surface area contributed by atoms with Gasteiger partial charge < -0.3 is 30.2 Å². The Bertz CT molecular complexity index is 293. The molecule has 0 aromatic rings. The lowest BCUT2D eigenvalue weighted by atomic mass is 10.2. The molecule has 0 saturated carbocycles. The zero-order valence-corrected chi connectivity index (χ0v) is 20.9. The number of hydrogen-bond acceptors (Lipinski definition) is 3. The summed E-state index contributed by atoms with van der Waals surface area (Å²) < 4.78 is 20.1. The maximum Gasteiger partial charge on any atom is 0.559 e. The summed E-state index contributed by atoms with van der Waals surface area (Å²) >= 11 is 0. The van der Waals surface area contributed by atoms with Gasteiger partial charge in [0.1, 0.15) is 6.17 Å². The number of quaternary nitrogens is 1. The van der Waals surface area contributed by atoms with Crippen LogP contribution in [0.25, 0.3) is 0 Å². The van der Waals surface area contributed by atoms with E-state index in [1.165, 1.54) is 32.2 Å². The predicted molar refractivity (Wildman–Crippen MR) is 114 cm³/mol. The third-order valence-corrected chi connectivity index (χ3v) is 7.87. The normalized spacial score (nSPS) is 12.2. The predicted octanol–water partition coefficient (Wildman–Crippen LogP) is 2.58. The Hall–Kier alpha value is 0.347. The molecule has 0 aliphatic rings. The third kappa shape index (κ3) is 15.9. The fourth-order valence-corrected chi connectivity index (χ4v) is 6.04. The first-order valence-electron chi connectivity index (χ1n) is 11.2. The Morgan fingerprint density at radius 3 is 1.37 bits per heavy atom. The SMILES string of the molecule is CCCCCC[N+](C)(C)C[Si](OCCCC)(OCCCC)OCCCC.[Cl-]. The second-order valence-corrected chi connectivity index (χ2v) is 10.7. The van der Waals surface area contributed by atoms with Gasteiger partial charge in [-0.25, -0.2) is 0 Å². The van der Waals surface area contributed by atoms with Crippen LogP contribution in [-0.2, 0) is 13.3 Å². The van der Waals surface area contributed by atoms with Crippen LogP contribution < -0.4 is 12.4 Å². The van der Waals surface area contributed by atoms with Crippen LogP contribution >= 0.6 is 0 Å². The van der Waals surface area contributed by atoms with Gasteiger partial charge in [-0.3, -0.25) is 0 Å². The van der Waals surface area contributed by atoms with Crippen molar-refractivity contribution in [3.8, 4) is 0 Å². The molecule has 4 nitrogen and oxygen atoms in total. The molecule has 27 heavy (non-hydrogen) atoms. The average molecular weight is 426 g/mol. The van der Waals surface area contributed by atoms with Crippen LogP contribution in [0.4, 0.5) is 0 Å². The smallest absolute Gasteiger partial charge is 0.559 e. The molecule has 0 aliphatic heterocycles. The molecule has 6 heteroatoms. The lowest BCUT2D eigenvalue weighted by Gasteiger charge is -2.38. The molecule has 0 fully saturated rings. The molecule has 0 atom stereocenters. The summed E-state index contributed by atoms with van der Waals surface area (Å²) in [5.74, 6) is 0. The fraction of sp³-hybridized carbons (Fsp3) is 1.00. The average Bonchev–Trinajstić information content (AvgIpc) is 2.59. The molecule has 0 N–H and O–H groups in total. The molecular weight excluding hydrogens is 378 g/mol. The van der Waals surface area contributed by atoms with Gasteiger partial charge in [-0.1, -0.05) is 59.8 Å². The van der Waals surface area contributed by atoms with Crippen molar-refractivity contribution in [2.45, 2.75) is 91.9 Å². The Morgan fingerprint density at radius 2 is 1.00 bits per heavy atom. The van der Waals surface area contributed by atoms with Crippen molar-refractivity contribution in [1.82, 2.24) is 0 Å². The number of halogens is 1. The Balaban J connectivity index is 0. The molecule has 0 heterocycles. The molecule has 0 spiro atoms. The lowest BCUT2D eigenvalue weighted by Crippen LogP contribution is -3.00. The molecule has 0 aliphatic carbocycles.